The summed E-state index contributed by atoms with van der Waals surface area (Å²) in [5, 5.41) is 12.2. The second-order valence-electron chi connectivity index (χ2n) is 3.35. The summed E-state index contributed by atoms with van der Waals surface area (Å²) in [6.07, 6.45) is 0. The minimum atomic E-state index is 0.528. The van der Waals surface area contributed by atoms with E-state index in [4.69, 9.17) is 17.3 Å². The third-order valence-electron chi connectivity index (χ3n) is 2.11. The highest BCUT2D eigenvalue weighted by Crippen LogP contribution is 2.24. The predicted molar refractivity (Wildman–Crippen MR) is 67.9 cm³/mol. The molecule has 0 saturated carbocycles. The van der Waals surface area contributed by atoms with Crippen LogP contribution in [-0.2, 0) is 12.3 Å². The van der Waals surface area contributed by atoms with Crippen molar-refractivity contribution in [2.75, 3.05) is 6.54 Å². The van der Waals surface area contributed by atoms with Gasteiger partial charge in [0.2, 0.25) is 0 Å². The highest BCUT2D eigenvalue weighted by molar-refractivity contribution is 7.98. The molecule has 0 spiro atoms. The summed E-state index contributed by atoms with van der Waals surface area (Å²) in [5.74, 6) is 1.52. The Balaban J connectivity index is 1.99. The van der Waals surface area contributed by atoms with Gasteiger partial charge in [0.25, 0.3) is 0 Å². The number of tetrazole rings is 1. The van der Waals surface area contributed by atoms with Crippen LogP contribution in [0.2, 0.25) is 5.02 Å². The van der Waals surface area contributed by atoms with Gasteiger partial charge in [-0.2, -0.15) is 0 Å². The van der Waals surface area contributed by atoms with Crippen LogP contribution in [-0.4, -0.2) is 26.8 Å². The molecule has 7 heteroatoms. The van der Waals surface area contributed by atoms with Gasteiger partial charge in [-0.3, -0.25) is 0 Å². The van der Waals surface area contributed by atoms with Gasteiger partial charge in [0, 0.05) is 16.5 Å². The van der Waals surface area contributed by atoms with E-state index in [0.29, 0.717) is 18.8 Å². The van der Waals surface area contributed by atoms with E-state index in [0.717, 1.165) is 15.7 Å². The maximum Gasteiger partial charge on any atom is 0.161 e. The topological polar surface area (TPSA) is 69.6 Å². The molecule has 0 atom stereocenters. The Morgan fingerprint density at radius 1 is 1.41 bits per heavy atom. The van der Waals surface area contributed by atoms with Crippen LogP contribution in [0.1, 0.15) is 5.82 Å². The highest BCUT2D eigenvalue weighted by atomic mass is 35.5. The van der Waals surface area contributed by atoms with Gasteiger partial charge in [-0.05, 0) is 28.6 Å². The van der Waals surface area contributed by atoms with Crippen molar-refractivity contribution in [1.82, 2.24) is 20.2 Å². The second kappa shape index (κ2) is 6.00. The molecule has 17 heavy (non-hydrogen) atoms. The lowest BCUT2D eigenvalue weighted by atomic mass is 10.4. The lowest BCUT2D eigenvalue weighted by Gasteiger charge is -2.03. The summed E-state index contributed by atoms with van der Waals surface area (Å²) < 4.78 is 1.72. The van der Waals surface area contributed by atoms with E-state index in [-0.39, 0.29) is 0 Å². The van der Waals surface area contributed by atoms with Crippen molar-refractivity contribution in [2.24, 2.45) is 5.73 Å². The third kappa shape index (κ3) is 3.42. The van der Waals surface area contributed by atoms with Crippen molar-refractivity contribution in [2.45, 2.75) is 17.2 Å². The number of benzene rings is 1. The first-order chi connectivity index (χ1) is 8.29. The van der Waals surface area contributed by atoms with E-state index in [9.17, 15) is 0 Å². The van der Waals surface area contributed by atoms with Crippen LogP contribution in [0.15, 0.2) is 29.2 Å². The van der Waals surface area contributed by atoms with Crippen LogP contribution >= 0.6 is 23.4 Å². The number of thioether (sulfide) groups is 1. The van der Waals surface area contributed by atoms with E-state index in [2.05, 4.69) is 15.5 Å². The second-order valence-corrected chi connectivity index (χ2v) is 4.84. The van der Waals surface area contributed by atoms with Gasteiger partial charge in [-0.25, -0.2) is 4.68 Å². The number of hydrogen-bond acceptors (Lipinski definition) is 5. The number of rotatable bonds is 5. The van der Waals surface area contributed by atoms with Crippen molar-refractivity contribution < 1.29 is 0 Å². The quantitative estimate of drug-likeness (QED) is 0.835. The fraction of sp³-hybridized carbons (Fsp3) is 0.300. The molecule has 1 aromatic heterocycles. The SMILES string of the molecule is NCCn1nnnc1CSc1cccc(Cl)c1. The molecule has 2 N–H and O–H groups in total. The van der Waals surface area contributed by atoms with E-state index in [1.54, 1.807) is 16.4 Å². The maximum absolute atomic E-state index is 5.91. The molecule has 0 saturated heterocycles. The zero-order valence-corrected chi connectivity index (χ0v) is 10.7. The Morgan fingerprint density at radius 3 is 3.06 bits per heavy atom. The molecule has 0 aliphatic rings. The van der Waals surface area contributed by atoms with Crippen molar-refractivity contribution in [1.29, 1.82) is 0 Å². The van der Waals surface area contributed by atoms with Crippen molar-refractivity contribution in [3.63, 3.8) is 0 Å². The average Bonchev–Trinajstić information content (AvgIpc) is 2.75. The molecular weight excluding hydrogens is 258 g/mol. The fourth-order valence-electron chi connectivity index (χ4n) is 1.33. The van der Waals surface area contributed by atoms with Gasteiger partial charge >= 0.3 is 0 Å². The summed E-state index contributed by atoms with van der Waals surface area (Å²) in [6, 6.07) is 7.70. The Kier molecular flexibility index (Phi) is 4.36. The van der Waals surface area contributed by atoms with E-state index in [1.807, 2.05) is 24.3 Å². The number of hydrogen-bond donors (Lipinski definition) is 1. The van der Waals surface area contributed by atoms with Crippen LogP contribution in [0.25, 0.3) is 0 Å². The van der Waals surface area contributed by atoms with Crippen molar-refractivity contribution >= 4 is 23.4 Å². The fourth-order valence-corrected chi connectivity index (χ4v) is 2.47. The number of nitrogens with zero attached hydrogens (tertiary/aromatic N) is 4. The van der Waals surface area contributed by atoms with Gasteiger partial charge in [-0.15, -0.1) is 16.9 Å². The van der Waals surface area contributed by atoms with Gasteiger partial charge in [0.05, 0.1) is 12.3 Å². The Bertz CT molecular complexity index is 487. The highest BCUT2D eigenvalue weighted by Gasteiger charge is 2.05. The van der Waals surface area contributed by atoms with Gasteiger partial charge in [-0.1, -0.05) is 17.7 Å². The maximum atomic E-state index is 5.91. The summed E-state index contributed by atoms with van der Waals surface area (Å²) in [4.78, 5) is 1.10. The van der Waals surface area contributed by atoms with Gasteiger partial charge in [0.1, 0.15) is 0 Å². The summed E-state index contributed by atoms with van der Waals surface area (Å²) in [7, 11) is 0. The van der Waals surface area contributed by atoms with Crippen molar-refractivity contribution in [3.05, 3.63) is 35.1 Å². The molecule has 0 bridgehead atoms. The van der Waals surface area contributed by atoms with Gasteiger partial charge < -0.3 is 5.73 Å². The lowest BCUT2D eigenvalue weighted by Crippen LogP contribution is -2.13. The Morgan fingerprint density at radius 2 is 2.29 bits per heavy atom. The Hall–Kier alpha value is -1.11. The lowest BCUT2D eigenvalue weighted by molar-refractivity contribution is 0.582. The van der Waals surface area contributed by atoms with Crippen LogP contribution in [0.3, 0.4) is 0 Å². The molecule has 0 aliphatic heterocycles. The first-order valence-corrected chi connectivity index (χ1v) is 6.49. The molecule has 2 aromatic rings. The molecule has 1 aromatic carbocycles. The van der Waals surface area contributed by atoms with Crippen LogP contribution in [0, 0.1) is 0 Å². The minimum Gasteiger partial charge on any atom is -0.329 e. The summed E-state index contributed by atoms with van der Waals surface area (Å²) in [6.45, 7) is 1.16. The van der Waals surface area contributed by atoms with E-state index >= 15 is 0 Å². The normalized spacial score (nSPS) is 10.7. The molecule has 0 fully saturated rings. The summed E-state index contributed by atoms with van der Waals surface area (Å²) >= 11 is 7.55. The largest absolute Gasteiger partial charge is 0.329 e. The monoisotopic (exact) mass is 269 g/mol. The zero-order valence-electron chi connectivity index (χ0n) is 9.08. The molecule has 1 heterocycles. The molecule has 90 valence electrons. The smallest absolute Gasteiger partial charge is 0.161 e. The molecule has 2 rings (SSSR count). The molecule has 0 radical (unpaired) electrons. The van der Waals surface area contributed by atoms with Gasteiger partial charge in [0.15, 0.2) is 5.82 Å². The molecule has 5 nitrogen and oxygen atoms in total. The Labute approximate surface area is 108 Å². The van der Waals surface area contributed by atoms with Crippen LogP contribution < -0.4 is 5.73 Å². The first kappa shape index (κ1) is 12.3. The standard InChI is InChI=1S/C10H12ClN5S/c11-8-2-1-3-9(6-8)17-7-10-13-14-15-16(10)5-4-12/h1-3,6H,4-5,7,12H2. The molecule has 0 aliphatic carbocycles. The molecular formula is C10H12ClN5S. The number of nitrogens with two attached hydrogens (primary N) is 1. The van der Waals surface area contributed by atoms with Crippen LogP contribution in [0.4, 0.5) is 0 Å². The third-order valence-corrected chi connectivity index (χ3v) is 3.34. The number of halogens is 1. The minimum absolute atomic E-state index is 0.528. The average molecular weight is 270 g/mol. The van der Waals surface area contributed by atoms with E-state index in [1.165, 1.54) is 0 Å². The molecule has 0 amide bonds. The number of aromatic nitrogens is 4. The zero-order chi connectivity index (χ0) is 12.1. The predicted octanol–water partition coefficient (Wildman–Crippen LogP) is 1.58. The van der Waals surface area contributed by atoms with E-state index < -0.39 is 0 Å². The summed E-state index contributed by atoms with van der Waals surface area (Å²) in [5.41, 5.74) is 5.48. The van der Waals surface area contributed by atoms with Crippen molar-refractivity contribution in [3.8, 4) is 0 Å². The first-order valence-electron chi connectivity index (χ1n) is 5.13. The van der Waals surface area contributed by atoms with Crippen LogP contribution in [0.5, 0.6) is 0 Å². The molecule has 0 unspecified atom stereocenters.